The number of ketones is 1. The van der Waals surface area contributed by atoms with Crippen molar-refractivity contribution in [3.05, 3.63) is 58.8 Å². The number of hydrogen-bond acceptors (Lipinski definition) is 4. The minimum atomic E-state index is -0.503. The van der Waals surface area contributed by atoms with Crippen LogP contribution in [0, 0.1) is 19.7 Å². The summed E-state index contributed by atoms with van der Waals surface area (Å²) in [6, 6.07) is 6.66. The molecule has 0 fully saturated rings. The number of benzene rings is 1. The summed E-state index contributed by atoms with van der Waals surface area (Å²) in [6.07, 6.45) is -0.142. The van der Waals surface area contributed by atoms with Gasteiger partial charge in [-0.2, -0.15) is 0 Å². The Morgan fingerprint density at radius 1 is 1.04 bits per heavy atom. The lowest BCUT2D eigenvalue weighted by Gasteiger charge is -2.06. The Morgan fingerprint density at radius 3 is 2.29 bits per heavy atom. The second-order valence-electron chi connectivity index (χ2n) is 5.26. The Kier molecular flexibility index (Phi) is 5.47. The number of Topliss-reactive ketones (excluding diaryl/α,β-unsaturated/α-hetero) is 1. The average molecular weight is 332 g/mol. The van der Waals surface area contributed by atoms with E-state index >= 15 is 0 Å². The number of rotatable bonds is 5. The third-order valence-electron chi connectivity index (χ3n) is 3.35. The lowest BCUT2D eigenvalue weighted by atomic mass is 10.1. The van der Waals surface area contributed by atoms with Crippen LogP contribution in [0.15, 0.2) is 34.7 Å². The zero-order valence-electron chi connectivity index (χ0n) is 13.3. The van der Waals surface area contributed by atoms with Gasteiger partial charge < -0.3 is 4.42 Å². The zero-order chi connectivity index (χ0) is 17.7. The van der Waals surface area contributed by atoms with Gasteiger partial charge >= 0.3 is 0 Å². The van der Waals surface area contributed by atoms with Gasteiger partial charge in [-0.3, -0.25) is 25.2 Å². The van der Waals surface area contributed by atoms with Gasteiger partial charge in [0.1, 0.15) is 17.3 Å². The lowest BCUT2D eigenvalue weighted by molar-refractivity contribution is -0.121. The third kappa shape index (κ3) is 4.52. The molecule has 126 valence electrons. The molecule has 2 aromatic rings. The molecular weight excluding hydrogens is 315 g/mol. The van der Waals surface area contributed by atoms with Crippen molar-refractivity contribution in [2.45, 2.75) is 26.7 Å². The highest BCUT2D eigenvalue weighted by Crippen LogP contribution is 2.13. The lowest BCUT2D eigenvalue weighted by Crippen LogP contribution is -2.41. The number of carbonyl (C=O) groups excluding carboxylic acids is 3. The Bertz CT molecular complexity index is 765. The number of halogens is 1. The third-order valence-corrected chi connectivity index (χ3v) is 3.35. The first kappa shape index (κ1) is 17.4. The van der Waals surface area contributed by atoms with Crippen molar-refractivity contribution in [3.63, 3.8) is 0 Å². The summed E-state index contributed by atoms with van der Waals surface area (Å²) in [4.78, 5) is 35.4. The van der Waals surface area contributed by atoms with Gasteiger partial charge in [-0.15, -0.1) is 0 Å². The summed E-state index contributed by atoms with van der Waals surface area (Å²) in [6.45, 7) is 3.36. The molecule has 0 aliphatic heterocycles. The largest absolute Gasteiger partial charge is 0.466 e. The second kappa shape index (κ2) is 7.54. The maximum atomic E-state index is 12.8. The molecule has 0 unspecified atom stereocenters. The first-order chi connectivity index (χ1) is 11.4. The second-order valence-corrected chi connectivity index (χ2v) is 5.26. The number of hydrazine groups is 1. The van der Waals surface area contributed by atoms with E-state index in [0.717, 1.165) is 0 Å². The summed E-state index contributed by atoms with van der Waals surface area (Å²) in [7, 11) is 0. The number of nitrogens with one attached hydrogen (secondary N) is 2. The molecule has 1 aromatic carbocycles. The maximum absolute atomic E-state index is 12.8. The Morgan fingerprint density at radius 2 is 1.71 bits per heavy atom. The Labute approximate surface area is 138 Å². The van der Waals surface area contributed by atoms with Crippen LogP contribution in [0.5, 0.6) is 0 Å². The fraction of sp³-hybridized carbons (Fsp3) is 0.235. The topological polar surface area (TPSA) is 88.4 Å². The maximum Gasteiger partial charge on any atom is 0.273 e. The number of aryl methyl sites for hydroxylation is 2. The molecule has 7 heteroatoms. The minimum Gasteiger partial charge on any atom is -0.466 e. The Hall–Kier alpha value is -2.96. The molecule has 0 bridgehead atoms. The van der Waals surface area contributed by atoms with Gasteiger partial charge in [0.15, 0.2) is 5.78 Å². The number of amides is 2. The van der Waals surface area contributed by atoms with E-state index in [-0.39, 0.29) is 18.6 Å². The molecule has 6 nitrogen and oxygen atoms in total. The van der Waals surface area contributed by atoms with Crippen molar-refractivity contribution < 1.29 is 23.2 Å². The van der Waals surface area contributed by atoms with Gasteiger partial charge in [0.05, 0.1) is 5.56 Å². The van der Waals surface area contributed by atoms with Gasteiger partial charge in [-0.1, -0.05) is 0 Å². The van der Waals surface area contributed by atoms with Gasteiger partial charge in [0.2, 0.25) is 5.91 Å². The van der Waals surface area contributed by atoms with Crippen LogP contribution in [0.1, 0.15) is 45.1 Å². The van der Waals surface area contributed by atoms with Crippen LogP contribution in [0.2, 0.25) is 0 Å². The van der Waals surface area contributed by atoms with Crippen molar-refractivity contribution in [1.29, 1.82) is 0 Å². The molecule has 0 aliphatic rings. The van der Waals surface area contributed by atoms with Crippen LogP contribution < -0.4 is 10.9 Å². The van der Waals surface area contributed by atoms with Crippen LogP contribution >= 0.6 is 0 Å². The van der Waals surface area contributed by atoms with Crippen molar-refractivity contribution in [2.24, 2.45) is 0 Å². The summed E-state index contributed by atoms with van der Waals surface area (Å²) in [5, 5.41) is 0. The minimum absolute atomic E-state index is 0.0445. The molecule has 2 N–H and O–H groups in total. The van der Waals surface area contributed by atoms with Gasteiger partial charge in [-0.25, -0.2) is 4.39 Å². The monoisotopic (exact) mass is 332 g/mol. The van der Waals surface area contributed by atoms with Crippen LogP contribution in [0.3, 0.4) is 0 Å². The zero-order valence-corrected chi connectivity index (χ0v) is 13.3. The average Bonchev–Trinajstić information content (AvgIpc) is 2.89. The number of carbonyl (C=O) groups is 3. The van der Waals surface area contributed by atoms with E-state index in [1.165, 1.54) is 24.3 Å². The normalized spacial score (nSPS) is 10.3. The van der Waals surface area contributed by atoms with E-state index < -0.39 is 17.6 Å². The predicted octanol–water partition coefficient (Wildman–Crippen LogP) is 2.46. The Balaban J connectivity index is 1.79. The highest BCUT2D eigenvalue weighted by Gasteiger charge is 2.15. The number of hydrogen-bond donors (Lipinski definition) is 2. The fourth-order valence-electron chi connectivity index (χ4n) is 2.12. The molecule has 0 radical (unpaired) electrons. The van der Waals surface area contributed by atoms with E-state index in [0.29, 0.717) is 22.6 Å². The SMILES string of the molecule is Cc1cc(C(=O)NNC(=O)CCC(=O)c2ccc(F)cc2)c(C)o1. The molecule has 2 rings (SSSR count). The van der Waals surface area contributed by atoms with E-state index in [4.69, 9.17) is 4.42 Å². The van der Waals surface area contributed by atoms with Gasteiger partial charge in [-0.05, 0) is 44.2 Å². The highest BCUT2D eigenvalue weighted by molar-refractivity contribution is 5.99. The van der Waals surface area contributed by atoms with Gasteiger partial charge in [0.25, 0.3) is 5.91 Å². The van der Waals surface area contributed by atoms with Crippen molar-refractivity contribution in [1.82, 2.24) is 10.9 Å². The molecule has 24 heavy (non-hydrogen) atoms. The highest BCUT2D eigenvalue weighted by atomic mass is 19.1. The van der Waals surface area contributed by atoms with Crippen molar-refractivity contribution in [2.75, 3.05) is 0 Å². The quantitative estimate of drug-likeness (QED) is 0.650. The van der Waals surface area contributed by atoms with Crippen molar-refractivity contribution in [3.8, 4) is 0 Å². The van der Waals surface area contributed by atoms with Crippen LogP contribution in [-0.4, -0.2) is 17.6 Å². The molecule has 0 saturated heterocycles. The van der Waals surface area contributed by atoms with Crippen LogP contribution in [0.25, 0.3) is 0 Å². The van der Waals surface area contributed by atoms with Crippen molar-refractivity contribution >= 4 is 17.6 Å². The molecule has 0 spiro atoms. The molecule has 0 aliphatic carbocycles. The molecular formula is C17H17FN2O4. The molecule has 2 amide bonds. The summed E-state index contributed by atoms with van der Waals surface area (Å²) < 4.78 is 18.0. The smallest absolute Gasteiger partial charge is 0.273 e. The van der Waals surface area contributed by atoms with Crippen LogP contribution in [0.4, 0.5) is 4.39 Å². The van der Waals surface area contributed by atoms with E-state index in [2.05, 4.69) is 10.9 Å². The van der Waals surface area contributed by atoms with E-state index in [1.807, 2.05) is 0 Å². The standard InChI is InChI=1S/C17H17FN2O4/c1-10-9-14(11(2)24-10)17(23)20-19-16(22)8-7-15(21)12-3-5-13(18)6-4-12/h3-6,9H,7-8H2,1-2H3,(H,19,22)(H,20,23). The van der Waals surface area contributed by atoms with Gasteiger partial charge in [0, 0.05) is 18.4 Å². The fourth-order valence-corrected chi connectivity index (χ4v) is 2.12. The summed E-state index contributed by atoms with van der Waals surface area (Å²) in [5.41, 5.74) is 5.17. The predicted molar refractivity (Wildman–Crippen MR) is 83.8 cm³/mol. The first-order valence-corrected chi connectivity index (χ1v) is 7.32. The molecule has 0 saturated carbocycles. The number of furan rings is 1. The van der Waals surface area contributed by atoms with E-state index in [1.54, 1.807) is 19.9 Å². The van der Waals surface area contributed by atoms with Crippen LogP contribution in [-0.2, 0) is 4.79 Å². The molecule has 0 atom stereocenters. The first-order valence-electron chi connectivity index (χ1n) is 7.32. The summed E-state index contributed by atoms with van der Waals surface area (Å²) in [5.74, 6) is -0.673. The molecule has 1 aromatic heterocycles. The summed E-state index contributed by atoms with van der Waals surface area (Å²) >= 11 is 0. The molecule has 1 heterocycles. The van der Waals surface area contributed by atoms with E-state index in [9.17, 15) is 18.8 Å².